The highest BCUT2D eigenvalue weighted by Crippen LogP contribution is 2.51. The van der Waals surface area contributed by atoms with Crippen LogP contribution in [0.3, 0.4) is 0 Å². The molecular weight excluding hydrogens is 923 g/mol. The molecule has 0 unspecified atom stereocenters. The first-order valence-corrected chi connectivity index (χ1v) is 26.6. The third kappa shape index (κ3) is 7.34. The molecule has 0 saturated carbocycles. The Morgan fingerprint density at radius 1 is 0.316 bits per heavy atom. The third-order valence-corrected chi connectivity index (χ3v) is 15.8. The lowest BCUT2D eigenvalue weighted by molar-refractivity contribution is 0.590. The van der Waals surface area contributed by atoms with Crippen molar-refractivity contribution in [2.75, 3.05) is 9.80 Å². The van der Waals surface area contributed by atoms with Gasteiger partial charge in [0, 0.05) is 66.1 Å². The first kappa shape index (κ1) is 45.5. The van der Waals surface area contributed by atoms with Crippen molar-refractivity contribution in [1.29, 1.82) is 0 Å². The lowest BCUT2D eigenvalue weighted by Gasteiger charge is -2.29. The summed E-state index contributed by atoms with van der Waals surface area (Å²) in [6.07, 6.45) is 0. The van der Waals surface area contributed by atoms with E-state index in [1.165, 1.54) is 76.7 Å². The Balaban J connectivity index is 1.10. The third-order valence-electron chi connectivity index (χ3n) is 15.8. The predicted molar refractivity (Wildman–Crippen MR) is 324 cm³/mol. The molecule has 14 rings (SSSR count). The zero-order valence-corrected chi connectivity index (χ0v) is 43.8. The first-order chi connectivity index (χ1) is 37.0. The average molecular weight is 980 g/mol. The van der Waals surface area contributed by atoms with Crippen molar-refractivity contribution in [1.82, 2.24) is 4.40 Å². The van der Waals surface area contributed by atoms with Gasteiger partial charge in [-0.25, -0.2) is 0 Å². The number of para-hydroxylation sites is 1. The minimum absolute atomic E-state index is 0.0507. The van der Waals surface area contributed by atoms with Crippen molar-refractivity contribution in [3.05, 3.63) is 248 Å². The zero-order valence-electron chi connectivity index (χ0n) is 43.8. The normalized spacial score (nSPS) is 12.3. The van der Waals surface area contributed by atoms with E-state index in [2.05, 4.69) is 292 Å². The molecule has 0 aliphatic carbocycles. The van der Waals surface area contributed by atoms with Gasteiger partial charge in [-0.15, -0.1) is 0 Å². The fourth-order valence-corrected chi connectivity index (χ4v) is 12.0. The predicted octanol–water partition coefficient (Wildman–Crippen LogP) is 20.8. The van der Waals surface area contributed by atoms with Crippen molar-refractivity contribution in [3.63, 3.8) is 0 Å². The summed E-state index contributed by atoms with van der Waals surface area (Å²) in [6.45, 7) is 13.8. The monoisotopic (exact) mass is 979 g/mol. The molecule has 366 valence electrons. The molecule has 0 aliphatic rings. The van der Waals surface area contributed by atoms with Gasteiger partial charge in [-0.1, -0.05) is 193 Å². The zero-order chi connectivity index (χ0) is 51.5. The van der Waals surface area contributed by atoms with Crippen LogP contribution in [0.1, 0.15) is 52.7 Å². The quantitative estimate of drug-likeness (QED) is 0.152. The molecule has 3 aromatic heterocycles. The summed E-state index contributed by atoms with van der Waals surface area (Å²) in [5.74, 6) is 0. The minimum atomic E-state index is -0.0601. The molecule has 14 aromatic rings. The number of hydrogen-bond donors (Lipinski definition) is 0. The summed E-state index contributed by atoms with van der Waals surface area (Å²) < 4.78 is 9.11. The number of aromatic nitrogens is 1. The van der Waals surface area contributed by atoms with Crippen LogP contribution in [-0.2, 0) is 10.8 Å². The molecular formula is C72H57N3O. The second-order valence-electron chi connectivity index (χ2n) is 22.6. The summed E-state index contributed by atoms with van der Waals surface area (Å²) in [5, 5.41) is 9.47. The smallest absolute Gasteiger partial charge is 0.136 e. The highest BCUT2D eigenvalue weighted by Gasteiger charge is 2.28. The molecule has 76 heavy (non-hydrogen) atoms. The Labute approximate surface area is 443 Å². The Morgan fingerprint density at radius 2 is 0.789 bits per heavy atom. The number of benzene rings is 11. The molecule has 4 heteroatoms. The van der Waals surface area contributed by atoms with Crippen LogP contribution < -0.4 is 9.80 Å². The van der Waals surface area contributed by atoms with Crippen LogP contribution in [0.2, 0.25) is 0 Å². The number of anilines is 6. The molecule has 0 N–H and O–H groups in total. The van der Waals surface area contributed by atoms with Gasteiger partial charge < -0.3 is 18.6 Å². The molecule has 0 amide bonds. The second kappa shape index (κ2) is 17.2. The molecule has 0 saturated heterocycles. The van der Waals surface area contributed by atoms with E-state index in [0.29, 0.717) is 0 Å². The van der Waals surface area contributed by atoms with E-state index < -0.39 is 0 Å². The number of fused-ring (bicyclic) bond motifs is 12. The van der Waals surface area contributed by atoms with E-state index in [0.717, 1.165) is 61.6 Å². The lowest BCUT2D eigenvalue weighted by Crippen LogP contribution is -2.14. The Kier molecular flexibility index (Phi) is 10.3. The van der Waals surface area contributed by atoms with Crippen LogP contribution in [0.15, 0.2) is 241 Å². The van der Waals surface area contributed by atoms with Crippen LogP contribution >= 0.6 is 0 Å². The van der Waals surface area contributed by atoms with Crippen molar-refractivity contribution in [2.24, 2.45) is 0 Å². The summed E-state index contributed by atoms with van der Waals surface area (Å²) >= 11 is 0. The largest absolute Gasteiger partial charge is 0.456 e. The molecule has 4 nitrogen and oxygen atoms in total. The average Bonchev–Trinajstić information content (AvgIpc) is 4.30. The number of rotatable bonds is 8. The minimum Gasteiger partial charge on any atom is -0.456 e. The lowest BCUT2D eigenvalue weighted by atomic mass is 9.86. The fraction of sp³-hybridized carbons (Fsp3) is 0.111. The molecule has 0 atom stereocenters. The molecule has 0 bridgehead atoms. The summed E-state index contributed by atoms with van der Waals surface area (Å²) in [7, 11) is 0. The van der Waals surface area contributed by atoms with Crippen LogP contribution in [0.5, 0.6) is 0 Å². The summed E-state index contributed by atoms with van der Waals surface area (Å²) in [4.78, 5) is 4.95. The van der Waals surface area contributed by atoms with Crippen LogP contribution in [0.25, 0.3) is 93.1 Å². The second-order valence-corrected chi connectivity index (χ2v) is 22.6. The van der Waals surface area contributed by atoms with E-state index in [1.54, 1.807) is 0 Å². The van der Waals surface area contributed by atoms with E-state index in [9.17, 15) is 0 Å². The molecule has 0 aliphatic heterocycles. The van der Waals surface area contributed by atoms with Gasteiger partial charge in [-0.05, 0) is 135 Å². The van der Waals surface area contributed by atoms with E-state index in [4.69, 9.17) is 4.42 Å². The highest BCUT2D eigenvalue weighted by molar-refractivity contribution is 6.32. The fourth-order valence-electron chi connectivity index (χ4n) is 12.0. The van der Waals surface area contributed by atoms with Crippen LogP contribution in [0, 0.1) is 0 Å². The van der Waals surface area contributed by atoms with Gasteiger partial charge in [-0.2, -0.15) is 0 Å². The maximum absolute atomic E-state index is 6.52. The van der Waals surface area contributed by atoms with Gasteiger partial charge in [0.05, 0.1) is 22.2 Å². The Bertz CT molecular complexity index is 4550. The van der Waals surface area contributed by atoms with E-state index in [1.807, 2.05) is 0 Å². The number of furan rings is 1. The number of nitrogens with zero attached hydrogens (tertiary/aromatic N) is 3. The first-order valence-electron chi connectivity index (χ1n) is 26.6. The molecule has 0 fully saturated rings. The Hall–Kier alpha value is -9.12. The molecule has 3 heterocycles. The summed E-state index contributed by atoms with van der Waals surface area (Å²) in [5.41, 5.74) is 19.1. The van der Waals surface area contributed by atoms with Crippen molar-refractivity contribution in [3.8, 4) is 22.3 Å². The van der Waals surface area contributed by atoms with Crippen LogP contribution in [0.4, 0.5) is 34.1 Å². The number of hydrogen-bond acceptors (Lipinski definition) is 3. The molecule has 0 radical (unpaired) electrons. The van der Waals surface area contributed by atoms with E-state index in [-0.39, 0.29) is 10.8 Å². The summed E-state index contributed by atoms with van der Waals surface area (Å²) in [6, 6.07) is 87.2. The van der Waals surface area contributed by atoms with Gasteiger partial charge in [0.15, 0.2) is 0 Å². The van der Waals surface area contributed by atoms with Crippen molar-refractivity contribution >= 4 is 105 Å². The molecule has 11 aromatic carbocycles. The topological polar surface area (TPSA) is 24.0 Å². The van der Waals surface area contributed by atoms with Crippen molar-refractivity contribution < 1.29 is 4.42 Å². The highest BCUT2D eigenvalue weighted by atomic mass is 16.3. The standard InChI is InChI=1S/C72H57N3O/c1-71(2,3)50-25-17-29-54(43-50)73(52-27-15-23-48(41-52)46-19-9-7-10-20-46)56-33-34-61-64(45-56)75-69-58-38-40-66-67(62-31-13-14-32-65(62)76-66)57(58)35-36-59(69)60-37-39-63(68(61)70(60)75)74(55-30-18-26-51(44-55)72(4,5)6)53-28-16-24-49(42-53)47-21-11-8-12-22-47/h7-45H,1-6H3. The van der Waals surface area contributed by atoms with Gasteiger partial charge in [0.25, 0.3) is 0 Å². The van der Waals surface area contributed by atoms with Crippen molar-refractivity contribution in [2.45, 2.75) is 52.4 Å². The molecule has 0 spiro atoms. The van der Waals surface area contributed by atoms with Gasteiger partial charge >= 0.3 is 0 Å². The Morgan fingerprint density at radius 3 is 1.43 bits per heavy atom. The van der Waals surface area contributed by atoms with E-state index >= 15 is 0 Å². The van der Waals surface area contributed by atoms with Crippen LogP contribution in [-0.4, -0.2) is 4.40 Å². The van der Waals surface area contributed by atoms with Gasteiger partial charge in [-0.3, -0.25) is 0 Å². The van der Waals surface area contributed by atoms with Gasteiger partial charge in [0.2, 0.25) is 0 Å². The maximum Gasteiger partial charge on any atom is 0.136 e. The SMILES string of the molecule is CC(C)(C)c1cccc(N(c2cccc(-c3ccccc3)c2)c2ccc3c4c(N(c5cccc(-c6ccccc6)c5)c5cccc(C(C)(C)C)c5)ccc5c6ccc7c(ccc8oc9ccccc9c87)c6n(c3c2)c54)c1. The van der Waals surface area contributed by atoms with Gasteiger partial charge in [0.1, 0.15) is 11.2 Å². The maximum atomic E-state index is 6.52.